The van der Waals surface area contributed by atoms with E-state index in [0.29, 0.717) is 12.4 Å². The molecular weight excluding hydrogens is 462 g/mol. The van der Waals surface area contributed by atoms with Gasteiger partial charge in [0.15, 0.2) is 0 Å². The van der Waals surface area contributed by atoms with Crippen LogP contribution in [0.3, 0.4) is 0 Å². The second-order valence-electron chi connectivity index (χ2n) is 9.07. The van der Waals surface area contributed by atoms with Crippen molar-refractivity contribution in [1.29, 1.82) is 0 Å². The Morgan fingerprint density at radius 2 is 1.65 bits per heavy atom. The fraction of sp³-hybridized carbons (Fsp3) is 0.276. The molecule has 0 aliphatic carbocycles. The van der Waals surface area contributed by atoms with Gasteiger partial charge in [0.1, 0.15) is 0 Å². The highest BCUT2D eigenvalue weighted by molar-refractivity contribution is 5.78. The van der Waals surface area contributed by atoms with Gasteiger partial charge in [0.2, 0.25) is 5.82 Å². The summed E-state index contributed by atoms with van der Waals surface area (Å²) < 4.78 is 3.74. The van der Waals surface area contributed by atoms with Gasteiger partial charge < -0.3 is 0 Å². The number of H-pyrrole nitrogens is 1. The van der Waals surface area contributed by atoms with Crippen molar-refractivity contribution in [2.45, 2.75) is 53.0 Å². The van der Waals surface area contributed by atoms with Crippen molar-refractivity contribution in [3.8, 4) is 28.3 Å². The van der Waals surface area contributed by atoms with Crippen molar-refractivity contribution in [3.05, 3.63) is 99.9 Å². The predicted octanol–water partition coefficient (Wildman–Crippen LogP) is 5.01. The highest BCUT2D eigenvalue weighted by atomic mass is 16.1. The first kappa shape index (κ1) is 24.4. The summed E-state index contributed by atoms with van der Waals surface area (Å²) in [6.45, 7) is 6.88. The number of rotatable bonds is 9. The van der Waals surface area contributed by atoms with Crippen LogP contribution in [-0.4, -0.2) is 34.7 Å². The van der Waals surface area contributed by atoms with Gasteiger partial charge in [-0.25, -0.2) is 4.79 Å². The smallest absolute Gasteiger partial charge is 0.292 e. The van der Waals surface area contributed by atoms with Crippen molar-refractivity contribution in [2.75, 3.05) is 0 Å². The molecule has 3 aromatic heterocycles. The van der Waals surface area contributed by atoms with Crippen molar-refractivity contribution in [3.63, 3.8) is 0 Å². The summed E-state index contributed by atoms with van der Waals surface area (Å²) in [5, 5.41) is 14.4. The minimum absolute atomic E-state index is 0.00872. The molecule has 5 aromatic rings. The van der Waals surface area contributed by atoms with E-state index in [1.807, 2.05) is 57.9 Å². The zero-order valence-corrected chi connectivity index (χ0v) is 21.5. The number of nitrogens with zero attached hydrogens (tertiary/aromatic N) is 6. The van der Waals surface area contributed by atoms with Gasteiger partial charge in [-0.2, -0.15) is 5.21 Å². The summed E-state index contributed by atoms with van der Waals surface area (Å²) in [6, 6.07) is 18.2. The highest BCUT2D eigenvalue weighted by Gasteiger charge is 2.17. The second kappa shape index (κ2) is 10.7. The fourth-order valence-electron chi connectivity index (χ4n) is 4.87. The topological polar surface area (TPSA) is 94.3 Å². The summed E-state index contributed by atoms with van der Waals surface area (Å²) in [7, 11) is 0. The fourth-order valence-corrected chi connectivity index (χ4v) is 4.87. The number of tetrazole rings is 1. The van der Waals surface area contributed by atoms with E-state index in [0.717, 1.165) is 59.4 Å². The van der Waals surface area contributed by atoms with Crippen LogP contribution in [0, 0.1) is 0 Å². The zero-order valence-electron chi connectivity index (χ0n) is 21.5. The van der Waals surface area contributed by atoms with Crippen LogP contribution >= 0.6 is 0 Å². The lowest BCUT2D eigenvalue weighted by molar-refractivity contribution is 0.689. The largest absolute Gasteiger partial charge is 0.333 e. The van der Waals surface area contributed by atoms with E-state index < -0.39 is 0 Å². The van der Waals surface area contributed by atoms with E-state index in [-0.39, 0.29) is 5.69 Å². The molecule has 0 amide bonds. The van der Waals surface area contributed by atoms with E-state index >= 15 is 0 Å². The van der Waals surface area contributed by atoms with Crippen LogP contribution in [-0.2, 0) is 25.8 Å². The molecule has 3 heterocycles. The van der Waals surface area contributed by atoms with Gasteiger partial charge in [-0.3, -0.25) is 14.1 Å². The Hall–Kier alpha value is -4.33. The Bertz CT molecular complexity index is 1520. The quantitative estimate of drug-likeness (QED) is 0.312. The van der Waals surface area contributed by atoms with Crippen LogP contribution in [0.1, 0.15) is 49.6 Å². The van der Waals surface area contributed by atoms with E-state index in [9.17, 15) is 4.79 Å². The molecule has 37 heavy (non-hydrogen) atoms. The average molecular weight is 494 g/mol. The Morgan fingerprint density at radius 3 is 2.27 bits per heavy atom. The van der Waals surface area contributed by atoms with Crippen LogP contribution in [0.2, 0.25) is 0 Å². The van der Waals surface area contributed by atoms with E-state index in [1.54, 1.807) is 0 Å². The van der Waals surface area contributed by atoms with Crippen molar-refractivity contribution < 1.29 is 0 Å². The third-order valence-corrected chi connectivity index (χ3v) is 6.73. The number of aryl methyl sites for hydroxylation is 3. The number of hydrogen-bond acceptors (Lipinski definition) is 5. The summed E-state index contributed by atoms with van der Waals surface area (Å²) in [5.41, 5.74) is 7.99. The van der Waals surface area contributed by atoms with Crippen LogP contribution in [0.5, 0.6) is 0 Å². The Balaban J connectivity index is 1.51. The number of aromatic amines is 1. The maximum atomic E-state index is 13.8. The molecule has 0 aliphatic heterocycles. The van der Waals surface area contributed by atoms with Gasteiger partial charge in [0.05, 0.1) is 17.9 Å². The SMILES string of the molecule is CCCc1cn(-c2c(CC)cccc2CC)c(=O)n1Cc1ccc(-c2ccccc2-c2nn[nH]n2)nc1. The minimum atomic E-state index is -0.00872. The maximum absolute atomic E-state index is 13.8. The first-order chi connectivity index (χ1) is 18.1. The molecule has 0 saturated heterocycles. The van der Waals surface area contributed by atoms with E-state index in [1.165, 1.54) is 11.1 Å². The number of para-hydroxylation sites is 1. The molecule has 0 aliphatic rings. The van der Waals surface area contributed by atoms with Crippen molar-refractivity contribution >= 4 is 0 Å². The van der Waals surface area contributed by atoms with Crippen molar-refractivity contribution in [2.24, 2.45) is 0 Å². The summed E-state index contributed by atoms with van der Waals surface area (Å²) >= 11 is 0. The molecule has 0 atom stereocenters. The third-order valence-electron chi connectivity index (χ3n) is 6.73. The van der Waals surface area contributed by atoms with Gasteiger partial charge in [-0.05, 0) is 47.2 Å². The number of hydrogen-bond donors (Lipinski definition) is 1. The highest BCUT2D eigenvalue weighted by Crippen LogP contribution is 2.28. The van der Waals surface area contributed by atoms with E-state index in [4.69, 9.17) is 4.98 Å². The minimum Gasteiger partial charge on any atom is -0.292 e. The first-order valence-electron chi connectivity index (χ1n) is 12.8. The molecule has 0 radical (unpaired) electrons. The monoisotopic (exact) mass is 493 g/mol. The van der Waals surface area contributed by atoms with Gasteiger partial charge in [0, 0.05) is 29.2 Å². The number of nitrogens with one attached hydrogen (secondary N) is 1. The molecule has 5 rings (SSSR count). The molecule has 188 valence electrons. The van der Waals surface area contributed by atoms with Crippen molar-refractivity contribution in [1.82, 2.24) is 34.7 Å². The Kier molecular flexibility index (Phi) is 7.07. The number of imidazole rings is 1. The summed E-state index contributed by atoms with van der Waals surface area (Å²) in [5.74, 6) is 0.525. The molecule has 8 heteroatoms. The molecular formula is C29H31N7O. The number of pyridine rings is 1. The van der Waals surface area contributed by atoms with E-state index in [2.05, 4.69) is 59.6 Å². The maximum Gasteiger partial charge on any atom is 0.333 e. The molecule has 8 nitrogen and oxygen atoms in total. The van der Waals surface area contributed by atoms with Gasteiger partial charge in [-0.15, -0.1) is 10.2 Å². The Morgan fingerprint density at radius 1 is 0.892 bits per heavy atom. The summed E-state index contributed by atoms with van der Waals surface area (Å²) in [6.07, 6.45) is 7.42. The Labute approximate surface area is 216 Å². The molecule has 0 unspecified atom stereocenters. The number of aromatic nitrogens is 7. The van der Waals surface area contributed by atoms with Crippen LogP contribution < -0.4 is 5.69 Å². The molecule has 1 N–H and O–H groups in total. The van der Waals surface area contributed by atoms with Crippen LogP contribution in [0.25, 0.3) is 28.3 Å². The lowest BCUT2D eigenvalue weighted by atomic mass is 10.0. The van der Waals surface area contributed by atoms with Crippen LogP contribution in [0.4, 0.5) is 0 Å². The lowest BCUT2D eigenvalue weighted by Gasteiger charge is -2.13. The predicted molar refractivity (Wildman–Crippen MR) is 145 cm³/mol. The molecule has 0 saturated carbocycles. The second-order valence-corrected chi connectivity index (χ2v) is 9.07. The third kappa shape index (κ3) is 4.74. The van der Waals surface area contributed by atoms with Gasteiger partial charge in [0.25, 0.3) is 0 Å². The van der Waals surface area contributed by atoms with Gasteiger partial charge >= 0.3 is 5.69 Å². The molecule has 2 aromatic carbocycles. The van der Waals surface area contributed by atoms with Crippen LogP contribution in [0.15, 0.2) is 71.8 Å². The average Bonchev–Trinajstić information content (AvgIpc) is 3.58. The summed E-state index contributed by atoms with van der Waals surface area (Å²) in [4.78, 5) is 18.5. The first-order valence-corrected chi connectivity index (χ1v) is 12.8. The molecule has 0 fully saturated rings. The number of benzene rings is 2. The lowest BCUT2D eigenvalue weighted by Crippen LogP contribution is -2.26. The zero-order chi connectivity index (χ0) is 25.8. The molecule has 0 bridgehead atoms. The van der Waals surface area contributed by atoms with Gasteiger partial charge in [-0.1, -0.05) is 75.7 Å². The normalized spacial score (nSPS) is 11.2. The molecule has 0 spiro atoms. The standard InChI is InChI=1S/C29H31N7O/c1-4-10-23-19-36(27-21(5-2)11-9-12-22(27)6-3)29(37)35(23)18-20-15-16-26(30-17-20)24-13-7-8-14-25(24)28-31-33-34-32-28/h7-9,11-17,19H,4-6,10,18H2,1-3H3,(H,31,32,33,34).